The summed E-state index contributed by atoms with van der Waals surface area (Å²) in [6, 6.07) is 7.13. The topological polar surface area (TPSA) is 63.6 Å². The maximum absolute atomic E-state index is 11.8. The molecule has 0 bridgehead atoms. The van der Waals surface area contributed by atoms with Gasteiger partial charge in [-0.05, 0) is 32.3 Å². The Bertz CT molecular complexity index is 406. The van der Waals surface area contributed by atoms with E-state index in [4.69, 9.17) is 4.52 Å². The third-order valence-electron chi connectivity index (χ3n) is 2.53. The maximum atomic E-state index is 11.8. The van der Waals surface area contributed by atoms with Crippen molar-refractivity contribution in [1.29, 1.82) is 0 Å². The van der Waals surface area contributed by atoms with Gasteiger partial charge in [-0.3, -0.25) is 9.32 Å². The summed E-state index contributed by atoms with van der Waals surface area (Å²) in [6.07, 6.45) is 1.57. The van der Waals surface area contributed by atoms with Gasteiger partial charge in [0.2, 0.25) is 0 Å². The van der Waals surface area contributed by atoms with Gasteiger partial charge < -0.3 is 5.11 Å². The smallest absolute Gasteiger partial charge is 0.327 e. The first-order chi connectivity index (χ1) is 8.45. The van der Waals surface area contributed by atoms with Crippen LogP contribution in [0.3, 0.4) is 0 Å². The second kappa shape index (κ2) is 6.74. The first-order valence-corrected chi connectivity index (χ1v) is 6.49. The second-order valence-electron chi connectivity index (χ2n) is 4.60. The van der Waals surface area contributed by atoms with Crippen molar-refractivity contribution in [1.82, 2.24) is 0 Å². The average molecular weight is 268 g/mol. The minimum absolute atomic E-state index is 0.289. The van der Waals surface area contributed by atoms with Crippen molar-refractivity contribution >= 4 is 14.5 Å². The van der Waals surface area contributed by atoms with Crippen molar-refractivity contribution in [2.45, 2.75) is 32.3 Å². The SMILES string of the molecule is CC(C)(O)C(=O)c1ccc(CCCOP=O)cc1. The van der Waals surface area contributed by atoms with E-state index >= 15 is 0 Å². The monoisotopic (exact) mass is 268 g/mol. The number of Topliss-reactive ketones (excluding diaryl/α,β-unsaturated/α-hetero) is 1. The Balaban J connectivity index is 2.57. The summed E-state index contributed by atoms with van der Waals surface area (Å²) >= 11 is 0. The third kappa shape index (κ3) is 4.65. The Hall–Kier alpha value is -1.09. The number of carbonyl (C=O) groups excluding carboxylic acids is 1. The molecule has 0 saturated heterocycles. The van der Waals surface area contributed by atoms with Crippen molar-refractivity contribution in [3.63, 3.8) is 0 Å². The van der Waals surface area contributed by atoms with E-state index in [0.717, 1.165) is 18.4 Å². The molecule has 0 aromatic heterocycles. The molecule has 5 heteroatoms. The van der Waals surface area contributed by atoms with Crippen LogP contribution in [0.4, 0.5) is 0 Å². The lowest BCUT2D eigenvalue weighted by Crippen LogP contribution is -2.31. The zero-order chi connectivity index (χ0) is 13.6. The zero-order valence-corrected chi connectivity index (χ0v) is 11.4. The van der Waals surface area contributed by atoms with Gasteiger partial charge in [-0.25, -0.2) is 4.57 Å². The predicted octanol–water partition coefficient (Wildman–Crippen LogP) is 2.80. The number of aliphatic hydroxyl groups is 1. The molecule has 0 heterocycles. The number of hydrogen-bond acceptors (Lipinski definition) is 4. The number of carbonyl (C=O) groups is 1. The molecule has 0 aliphatic carbocycles. The van der Waals surface area contributed by atoms with E-state index in [2.05, 4.69) is 0 Å². The standard InChI is InChI=1S/C13H17O4P/c1-13(2,15)12(14)11-7-5-10(6-8-11)4-3-9-17-18-16/h5-8,15H,3-4,9H2,1-2H3. The van der Waals surface area contributed by atoms with Crippen LogP contribution in [0, 0.1) is 0 Å². The molecule has 4 nitrogen and oxygen atoms in total. The van der Waals surface area contributed by atoms with Crippen LogP contribution in [-0.4, -0.2) is 23.1 Å². The Morgan fingerprint density at radius 1 is 1.33 bits per heavy atom. The highest BCUT2D eigenvalue weighted by Crippen LogP contribution is 2.14. The second-order valence-corrected chi connectivity index (χ2v) is 5.00. The maximum Gasteiger partial charge on any atom is 0.327 e. The van der Waals surface area contributed by atoms with E-state index in [1.807, 2.05) is 12.1 Å². The normalized spacial score (nSPS) is 11.7. The molecule has 1 rings (SSSR count). The molecule has 0 amide bonds. The highest BCUT2D eigenvalue weighted by atomic mass is 31.1. The first-order valence-electron chi connectivity index (χ1n) is 5.76. The van der Waals surface area contributed by atoms with Gasteiger partial charge in [-0.1, -0.05) is 24.3 Å². The van der Waals surface area contributed by atoms with E-state index in [1.165, 1.54) is 13.8 Å². The Morgan fingerprint density at radius 3 is 2.44 bits per heavy atom. The highest BCUT2D eigenvalue weighted by molar-refractivity contribution is 7.17. The molecule has 0 fully saturated rings. The number of ketones is 1. The lowest BCUT2D eigenvalue weighted by atomic mass is 9.95. The van der Waals surface area contributed by atoms with Crippen LogP contribution < -0.4 is 0 Å². The van der Waals surface area contributed by atoms with Gasteiger partial charge in [0, 0.05) is 5.56 Å². The van der Waals surface area contributed by atoms with Crippen LogP contribution in [0.15, 0.2) is 24.3 Å². The molecule has 1 aromatic carbocycles. The van der Waals surface area contributed by atoms with Gasteiger partial charge in [-0.2, -0.15) is 0 Å². The molecule has 1 aromatic rings. The van der Waals surface area contributed by atoms with Crippen molar-refractivity contribution in [2.75, 3.05) is 6.61 Å². The number of hydrogen-bond donors (Lipinski definition) is 1. The predicted molar refractivity (Wildman–Crippen MR) is 68.9 cm³/mol. The third-order valence-corrected chi connectivity index (χ3v) is 2.81. The molecule has 0 aliphatic heterocycles. The average Bonchev–Trinajstić information content (AvgIpc) is 2.33. The van der Waals surface area contributed by atoms with Gasteiger partial charge in [0.15, 0.2) is 5.78 Å². The quantitative estimate of drug-likeness (QED) is 0.469. The molecular formula is C13H17O4P. The first kappa shape index (κ1) is 15.0. The number of benzene rings is 1. The molecular weight excluding hydrogens is 251 g/mol. The molecule has 18 heavy (non-hydrogen) atoms. The summed E-state index contributed by atoms with van der Waals surface area (Å²) in [5, 5.41) is 9.61. The fraction of sp³-hybridized carbons (Fsp3) is 0.462. The van der Waals surface area contributed by atoms with Crippen LogP contribution >= 0.6 is 8.69 Å². The van der Waals surface area contributed by atoms with Gasteiger partial charge in [-0.15, -0.1) is 0 Å². The van der Waals surface area contributed by atoms with Gasteiger partial charge in [0.1, 0.15) is 5.60 Å². The van der Waals surface area contributed by atoms with Gasteiger partial charge >= 0.3 is 8.69 Å². The Kier molecular flexibility index (Phi) is 5.60. The lowest BCUT2D eigenvalue weighted by Gasteiger charge is -2.15. The lowest BCUT2D eigenvalue weighted by molar-refractivity contribution is 0.0488. The van der Waals surface area contributed by atoms with Crippen LogP contribution in [0.1, 0.15) is 36.2 Å². The fourth-order valence-corrected chi connectivity index (χ4v) is 1.76. The van der Waals surface area contributed by atoms with E-state index in [-0.39, 0.29) is 14.5 Å². The van der Waals surface area contributed by atoms with Gasteiger partial charge in [0.25, 0.3) is 0 Å². The molecule has 0 saturated carbocycles. The van der Waals surface area contributed by atoms with E-state index in [0.29, 0.717) is 12.2 Å². The Morgan fingerprint density at radius 2 is 1.94 bits per heavy atom. The minimum Gasteiger partial charge on any atom is -0.382 e. The summed E-state index contributed by atoms with van der Waals surface area (Å²) < 4.78 is 14.7. The molecule has 0 atom stereocenters. The molecule has 0 aliphatic rings. The molecule has 0 unspecified atom stereocenters. The minimum atomic E-state index is -1.34. The number of aryl methyl sites for hydroxylation is 1. The Labute approximate surface area is 108 Å². The number of rotatable bonds is 7. The van der Waals surface area contributed by atoms with E-state index in [1.54, 1.807) is 12.1 Å². The summed E-state index contributed by atoms with van der Waals surface area (Å²) in [7, 11) is -0.293. The fourth-order valence-electron chi connectivity index (χ4n) is 1.55. The van der Waals surface area contributed by atoms with Crippen molar-refractivity contribution in [3.05, 3.63) is 35.4 Å². The van der Waals surface area contributed by atoms with Crippen LogP contribution in [0.2, 0.25) is 0 Å². The van der Waals surface area contributed by atoms with Crippen LogP contribution in [0.25, 0.3) is 0 Å². The molecule has 0 spiro atoms. The van der Waals surface area contributed by atoms with Crippen LogP contribution in [-0.2, 0) is 15.5 Å². The molecule has 98 valence electrons. The molecule has 0 radical (unpaired) electrons. The highest BCUT2D eigenvalue weighted by Gasteiger charge is 2.24. The van der Waals surface area contributed by atoms with Crippen LogP contribution in [0.5, 0.6) is 0 Å². The van der Waals surface area contributed by atoms with E-state index in [9.17, 15) is 14.5 Å². The van der Waals surface area contributed by atoms with Gasteiger partial charge in [0.05, 0.1) is 6.61 Å². The summed E-state index contributed by atoms with van der Waals surface area (Å²) in [5.41, 5.74) is 0.233. The van der Waals surface area contributed by atoms with E-state index < -0.39 is 5.60 Å². The van der Waals surface area contributed by atoms with Crippen molar-refractivity contribution in [2.24, 2.45) is 0 Å². The summed E-state index contributed by atoms with van der Waals surface area (Å²) in [4.78, 5) is 11.8. The summed E-state index contributed by atoms with van der Waals surface area (Å²) in [5.74, 6) is -0.289. The zero-order valence-electron chi connectivity index (χ0n) is 10.5. The van der Waals surface area contributed by atoms with Crippen molar-refractivity contribution in [3.8, 4) is 0 Å². The summed E-state index contributed by atoms with van der Waals surface area (Å²) in [6.45, 7) is 3.39. The largest absolute Gasteiger partial charge is 0.382 e. The molecule has 1 N–H and O–H groups in total. The van der Waals surface area contributed by atoms with Crippen molar-refractivity contribution < 1.29 is 19.0 Å².